The van der Waals surface area contributed by atoms with Gasteiger partial charge in [-0.05, 0) is 6.42 Å². The number of nitrogens with zero attached hydrogens (tertiary/aromatic N) is 1. The lowest BCUT2D eigenvalue weighted by molar-refractivity contribution is -0.128. The van der Waals surface area contributed by atoms with Crippen molar-refractivity contribution in [2.24, 2.45) is 5.73 Å². The topological polar surface area (TPSA) is 46.3 Å². The summed E-state index contributed by atoms with van der Waals surface area (Å²) < 4.78 is 0. The third-order valence-corrected chi connectivity index (χ3v) is 2.31. The predicted octanol–water partition coefficient (Wildman–Crippen LogP) is 1.70. The molecule has 82 valence electrons. The summed E-state index contributed by atoms with van der Waals surface area (Å²) in [6.07, 6.45) is 4.02. The minimum atomic E-state index is 0.109. The fourth-order valence-electron chi connectivity index (χ4n) is 1.22. The maximum Gasteiger partial charge on any atom is 0.219 e. The Kier molecular flexibility index (Phi) is 7.38. The molecule has 3 nitrogen and oxygen atoms in total. The number of amides is 1. The van der Waals surface area contributed by atoms with E-state index in [1.54, 1.807) is 6.92 Å². The number of carbonyl (C=O) groups excluding carboxylic acids is 1. The SMILES string of the molecule is CCCCCN(CCC(N)=S)C(C)=O. The summed E-state index contributed by atoms with van der Waals surface area (Å²) in [5.74, 6) is 0.109. The molecule has 0 heterocycles. The van der Waals surface area contributed by atoms with E-state index < -0.39 is 0 Å². The van der Waals surface area contributed by atoms with Crippen molar-refractivity contribution in [1.29, 1.82) is 0 Å². The van der Waals surface area contributed by atoms with Gasteiger partial charge in [-0.15, -0.1) is 0 Å². The largest absolute Gasteiger partial charge is 0.393 e. The van der Waals surface area contributed by atoms with Crippen LogP contribution in [-0.4, -0.2) is 28.9 Å². The normalized spacial score (nSPS) is 9.86. The van der Waals surface area contributed by atoms with Crippen molar-refractivity contribution in [3.05, 3.63) is 0 Å². The molecule has 0 saturated heterocycles. The van der Waals surface area contributed by atoms with Crippen LogP contribution in [-0.2, 0) is 4.79 Å². The van der Waals surface area contributed by atoms with Gasteiger partial charge in [-0.3, -0.25) is 4.79 Å². The molecule has 0 rings (SSSR count). The second-order valence-electron chi connectivity index (χ2n) is 3.43. The first-order valence-electron chi connectivity index (χ1n) is 5.11. The maximum atomic E-state index is 11.2. The van der Waals surface area contributed by atoms with E-state index in [2.05, 4.69) is 6.92 Å². The minimum absolute atomic E-state index is 0.109. The molecule has 0 aromatic heterocycles. The molecule has 0 unspecified atom stereocenters. The molecular weight excluding hydrogens is 196 g/mol. The highest BCUT2D eigenvalue weighted by Gasteiger charge is 2.07. The first-order chi connectivity index (χ1) is 6.57. The van der Waals surface area contributed by atoms with E-state index in [-0.39, 0.29) is 5.91 Å². The summed E-state index contributed by atoms with van der Waals surface area (Å²) in [6, 6.07) is 0. The van der Waals surface area contributed by atoms with Crippen molar-refractivity contribution in [3.63, 3.8) is 0 Å². The molecule has 0 aromatic rings. The third-order valence-electron chi connectivity index (χ3n) is 2.11. The van der Waals surface area contributed by atoms with E-state index in [9.17, 15) is 4.79 Å². The molecule has 0 aliphatic heterocycles. The van der Waals surface area contributed by atoms with Crippen LogP contribution in [0.25, 0.3) is 0 Å². The highest BCUT2D eigenvalue weighted by atomic mass is 32.1. The van der Waals surface area contributed by atoms with Crippen molar-refractivity contribution >= 4 is 23.1 Å². The molecule has 14 heavy (non-hydrogen) atoms. The number of rotatable bonds is 7. The van der Waals surface area contributed by atoms with Gasteiger partial charge in [0.05, 0.1) is 4.99 Å². The summed E-state index contributed by atoms with van der Waals surface area (Å²) in [5, 5.41) is 0. The van der Waals surface area contributed by atoms with Crippen molar-refractivity contribution in [2.45, 2.75) is 39.5 Å². The number of nitrogens with two attached hydrogens (primary N) is 1. The number of hydrogen-bond donors (Lipinski definition) is 1. The molecular formula is C10H20N2OS. The molecule has 1 amide bonds. The van der Waals surface area contributed by atoms with Gasteiger partial charge < -0.3 is 10.6 Å². The molecule has 0 bridgehead atoms. The van der Waals surface area contributed by atoms with E-state index in [4.69, 9.17) is 18.0 Å². The van der Waals surface area contributed by atoms with Crippen molar-refractivity contribution in [2.75, 3.05) is 13.1 Å². The lowest BCUT2D eigenvalue weighted by atomic mass is 10.2. The molecule has 0 aliphatic rings. The second kappa shape index (κ2) is 7.74. The summed E-state index contributed by atoms with van der Waals surface area (Å²) in [4.78, 5) is 13.5. The Labute approximate surface area is 91.6 Å². The monoisotopic (exact) mass is 216 g/mol. The molecule has 0 fully saturated rings. The van der Waals surface area contributed by atoms with Crippen LogP contribution in [0.1, 0.15) is 39.5 Å². The van der Waals surface area contributed by atoms with Gasteiger partial charge >= 0.3 is 0 Å². The Morgan fingerprint density at radius 2 is 2.00 bits per heavy atom. The standard InChI is InChI=1S/C10H20N2OS/c1-3-4-5-7-12(9(2)13)8-6-10(11)14/h3-8H2,1-2H3,(H2,11,14). The third kappa shape index (κ3) is 6.83. The van der Waals surface area contributed by atoms with Crippen LogP contribution in [0.5, 0.6) is 0 Å². The molecule has 0 aliphatic carbocycles. The van der Waals surface area contributed by atoms with Crippen LogP contribution in [0.15, 0.2) is 0 Å². The van der Waals surface area contributed by atoms with Crippen molar-refractivity contribution < 1.29 is 4.79 Å². The fraction of sp³-hybridized carbons (Fsp3) is 0.800. The van der Waals surface area contributed by atoms with E-state index in [1.807, 2.05) is 4.90 Å². The van der Waals surface area contributed by atoms with E-state index in [0.717, 1.165) is 19.4 Å². The Hall–Kier alpha value is -0.640. The fourth-order valence-corrected chi connectivity index (χ4v) is 1.32. The number of carbonyl (C=O) groups is 1. The molecule has 0 radical (unpaired) electrons. The lowest BCUT2D eigenvalue weighted by Crippen LogP contribution is -2.32. The van der Waals surface area contributed by atoms with Gasteiger partial charge in [-0.25, -0.2) is 0 Å². The summed E-state index contributed by atoms with van der Waals surface area (Å²) in [7, 11) is 0. The van der Waals surface area contributed by atoms with Crippen molar-refractivity contribution in [1.82, 2.24) is 4.90 Å². The van der Waals surface area contributed by atoms with Gasteiger partial charge in [0.1, 0.15) is 0 Å². The van der Waals surface area contributed by atoms with E-state index >= 15 is 0 Å². The van der Waals surface area contributed by atoms with Gasteiger partial charge in [0, 0.05) is 26.4 Å². The van der Waals surface area contributed by atoms with Gasteiger partial charge in [-0.1, -0.05) is 32.0 Å². The average molecular weight is 216 g/mol. The van der Waals surface area contributed by atoms with Gasteiger partial charge in [0.25, 0.3) is 0 Å². The van der Waals surface area contributed by atoms with Crippen LogP contribution in [0.3, 0.4) is 0 Å². The lowest BCUT2D eigenvalue weighted by Gasteiger charge is -2.20. The van der Waals surface area contributed by atoms with Crippen LogP contribution < -0.4 is 5.73 Å². The number of hydrogen-bond acceptors (Lipinski definition) is 2. The zero-order valence-electron chi connectivity index (χ0n) is 9.08. The van der Waals surface area contributed by atoms with Crippen molar-refractivity contribution in [3.8, 4) is 0 Å². The van der Waals surface area contributed by atoms with E-state index in [1.165, 1.54) is 6.42 Å². The molecule has 4 heteroatoms. The zero-order valence-corrected chi connectivity index (χ0v) is 9.90. The van der Waals surface area contributed by atoms with Gasteiger partial charge in [-0.2, -0.15) is 0 Å². The summed E-state index contributed by atoms with van der Waals surface area (Å²) in [6.45, 7) is 5.22. The van der Waals surface area contributed by atoms with Crippen LogP contribution in [0.2, 0.25) is 0 Å². The highest BCUT2D eigenvalue weighted by molar-refractivity contribution is 7.80. The molecule has 2 N–H and O–H groups in total. The Morgan fingerprint density at radius 3 is 2.43 bits per heavy atom. The smallest absolute Gasteiger partial charge is 0.219 e. The second-order valence-corrected chi connectivity index (χ2v) is 3.95. The number of thiocarbonyl (C=S) groups is 1. The van der Waals surface area contributed by atoms with Gasteiger partial charge in [0.15, 0.2) is 0 Å². The minimum Gasteiger partial charge on any atom is -0.393 e. The zero-order chi connectivity index (χ0) is 11.0. The van der Waals surface area contributed by atoms with Crippen LogP contribution in [0.4, 0.5) is 0 Å². The Morgan fingerprint density at radius 1 is 1.36 bits per heavy atom. The molecule has 0 aromatic carbocycles. The summed E-state index contributed by atoms with van der Waals surface area (Å²) in [5.41, 5.74) is 5.39. The average Bonchev–Trinajstić information content (AvgIpc) is 2.10. The predicted molar refractivity (Wildman–Crippen MR) is 63.2 cm³/mol. The first kappa shape index (κ1) is 13.4. The molecule has 0 spiro atoms. The van der Waals surface area contributed by atoms with Crippen LogP contribution in [0, 0.1) is 0 Å². The maximum absolute atomic E-state index is 11.2. The molecule has 0 saturated carbocycles. The Bertz CT molecular complexity index is 195. The summed E-state index contributed by atoms with van der Waals surface area (Å²) >= 11 is 4.78. The quantitative estimate of drug-likeness (QED) is 0.520. The molecule has 0 atom stereocenters. The highest BCUT2D eigenvalue weighted by Crippen LogP contribution is 2.00. The van der Waals surface area contributed by atoms with E-state index in [0.29, 0.717) is 18.0 Å². The first-order valence-corrected chi connectivity index (χ1v) is 5.52. The van der Waals surface area contributed by atoms with Gasteiger partial charge in [0.2, 0.25) is 5.91 Å². The van der Waals surface area contributed by atoms with Crippen LogP contribution >= 0.6 is 12.2 Å². The Balaban J connectivity index is 3.78. The number of unbranched alkanes of at least 4 members (excludes halogenated alkanes) is 2.